The third-order valence-electron chi connectivity index (χ3n) is 4.95. The third kappa shape index (κ3) is 7.40. The predicted molar refractivity (Wildman–Crippen MR) is 126 cm³/mol. The molecule has 8 heteroatoms. The predicted octanol–water partition coefficient (Wildman–Crippen LogP) is 2.04. The van der Waals surface area contributed by atoms with Crippen LogP contribution in [0.2, 0.25) is 0 Å². The van der Waals surface area contributed by atoms with Gasteiger partial charge in [0, 0.05) is 64.6 Å². The van der Waals surface area contributed by atoms with Crippen LogP contribution in [0.5, 0.6) is 0 Å². The minimum Gasteiger partial charge on any atom is -0.352 e. The third-order valence-corrected chi connectivity index (χ3v) is 4.95. The molecule has 170 valence electrons. The first-order valence-corrected chi connectivity index (χ1v) is 10.7. The zero-order valence-electron chi connectivity index (χ0n) is 19.9. The van der Waals surface area contributed by atoms with Crippen LogP contribution in [-0.4, -0.2) is 72.7 Å². The molecule has 1 amide bonds. The highest BCUT2D eigenvalue weighted by Crippen LogP contribution is 2.18. The maximum Gasteiger partial charge on any atom is 0.251 e. The molecule has 0 atom stereocenters. The van der Waals surface area contributed by atoms with Crippen molar-refractivity contribution in [2.45, 2.75) is 32.9 Å². The highest BCUT2D eigenvalue weighted by molar-refractivity contribution is 5.94. The van der Waals surface area contributed by atoms with E-state index in [1.54, 1.807) is 7.05 Å². The molecule has 31 heavy (non-hydrogen) atoms. The van der Waals surface area contributed by atoms with Gasteiger partial charge in [0.2, 0.25) is 0 Å². The van der Waals surface area contributed by atoms with Gasteiger partial charge < -0.3 is 20.4 Å². The van der Waals surface area contributed by atoms with E-state index < -0.39 is 0 Å². The number of rotatable bonds is 9. The molecule has 8 nitrogen and oxygen atoms in total. The quantitative estimate of drug-likeness (QED) is 0.473. The fourth-order valence-electron chi connectivity index (χ4n) is 3.38. The summed E-state index contributed by atoms with van der Waals surface area (Å²) in [6.07, 6.45) is 2.07. The minimum absolute atomic E-state index is 0.0528. The van der Waals surface area contributed by atoms with E-state index in [0.29, 0.717) is 24.6 Å². The van der Waals surface area contributed by atoms with Crippen LogP contribution in [0.1, 0.15) is 46.9 Å². The first-order valence-electron chi connectivity index (χ1n) is 10.7. The van der Waals surface area contributed by atoms with E-state index in [-0.39, 0.29) is 5.91 Å². The van der Waals surface area contributed by atoms with Crippen LogP contribution in [-0.2, 0) is 20.1 Å². The Morgan fingerprint density at radius 3 is 2.61 bits per heavy atom. The number of nitrogens with one attached hydrogen (secondary N) is 2. The van der Waals surface area contributed by atoms with Gasteiger partial charge in [0.25, 0.3) is 5.91 Å². The van der Waals surface area contributed by atoms with Crippen molar-refractivity contribution in [2.75, 3.05) is 41.3 Å². The summed E-state index contributed by atoms with van der Waals surface area (Å²) in [6.45, 7) is 7.05. The zero-order chi connectivity index (χ0) is 23.0. The lowest BCUT2D eigenvalue weighted by Gasteiger charge is -2.22. The summed E-state index contributed by atoms with van der Waals surface area (Å²) in [5.41, 5.74) is 3.99. The Labute approximate surface area is 186 Å². The molecule has 0 spiro atoms. The van der Waals surface area contributed by atoms with Crippen molar-refractivity contribution < 1.29 is 4.79 Å². The second-order valence-corrected chi connectivity index (χ2v) is 8.38. The average Bonchev–Trinajstić information content (AvgIpc) is 3.08. The fraction of sp³-hybridized carbons (Fsp3) is 0.522. The number of likely N-dealkylation sites (N-methyl/N-ethyl adjacent to an activating group) is 1. The number of guanidine groups is 1. The number of nitrogens with zero attached hydrogens (tertiary/aromatic N) is 5. The molecule has 0 bridgehead atoms. The Balaban J connectivity index is 1.97. The number of benzene rings is 1. The van der Waals surface area contributed by atoms with Crippen LogP contribution in [0.15, 0.2) is 35.5 Å². The SMILES string of the molecule is CN=C(NCc1cccc(C(=O)NCCN(C)C)c1)N(C)Cc1cn(C)nc1C(C)C. The molecule has 0 fully saturated rings. The highest BCUT2D eigenvalue weighted by Gasteiger charge is 2.15. The van der Waals surface area contributed by atoms with E-state index in [1.165, 1.54) is 5.56 Å². The molecule has 0 saturated carbocycles. The Hall–Kier alpha value is -2.87. The van der Waals surface area contributed by atoms with Crippen LogP contribution in [0.25, 0.3) is 0 Å². The van der Waals surface area contributed by atoms with Crippen molar-refractivity contribution in [2.24, 2.45) is 12.0 Å². The maximum atomic E-state index is 12.4. The number of amides is 1. The summed E-state index contributed by atoms with van der Waals surface area (Å²) in [5.74, 6) is 1.11. The maximum absolute atomic E-state index is 12.4. The molecule has 0 aliphatic heterocycles. The van der Waals surface area contributed by atoms with Gasteiger partial charge in [-0.2, -0.15) is 5.10 Å². The van der Waals surface area contributed by atoms with Gasteiger partial charge >= 0.3 is 0 Å². The molecule has 0 aliphatic carbocycles. The van der Waals surface area contributed by atoms with Gasteiger partial charge in [0.05, 0.1) is 5.69 Å². The molecule has 1 aromatic heterocycles. The van der Waals surface area contributed by atoms with Crippen molar-refractivity contribution in [1.82, 2.24) is 30.2 Å². The lowest BCUT2D eigenvalue weighted by molar-refractivity contribution is 0.0951. The number of aliphatic imine (C=N–C) groups is 1. The number of carbonyl (C=O) groups is 1. The molecule has 0 radical (unpaired) electrons. The molecule has 1 heterocycles. The van der Waals surface area contributed by atoms with Gasteiger partial charge in [-0.1, -0.05) is 26.0 Å². The fourth-order valence-corrected chi connectivity index (χ4v) is 3.38. The Kier molecular flexibility index (Phi) is 9.05. The summed E-state index contributed by atoms with van der Waals surface area (Å²) in [4.78, 5) is 20.9. The Morgan fingerprint density at radius 1 is 1.23 bits per heavy atom. The van der Waals surface area contributed by atoms with Crippen molar-refractivity contribution in [3.63, 3.8) is 0 Å². The molecule has 0 saturated heterocycles. The van der Waals surface area contributed by atoms with E-state index in [1.807, 2.05) is 62.0 Å². The van der Waals surface area contributed by atoms with Crippen molar-refractivity contribution >= 4 is 11.9 Å². The Bertz CT molecular complexity index is 886. The van der Waals surface area contributed by atoms with Gasteiger partial charge in [-0.3, -0.25) is 14.5 Å². The number of hydrogen-bond acceptors (Lipinski definition) is 4. The van der Waals surface area contributed by atoms with Crippen LogP contribution >= 0.6 is 0 Å². The van der Waals surface area contributed by atoms with Crippen LogP contribution < -0.4 is 10.6 Å². The molecule has 2 aromatic rings. The van der Waals surface area contributed by atoms with Crippen molar-refractivity contribution in [3.8, 4) is 0 Å². The summed E-state index contributed by atoms with van der Waals surface area (Å²) < 4.78 is 1.86. The van der Waals surface area contributed by atoms with Crippen molar-refractivity contribution in [3.05, 3.63) is 52.8 Å². The topological polar surface area (TPSA) is 77.8 Å². The van der Waals surface area contributed by atoms with E-state index in [4.69, 9.17) is 0 Å². The van der Waals surface area contributed by atoms with Gasteiger partial charge in [-0.15, -0.1) is 0 Å². The van der Waals surface area contributed by atoms with Gasteiger partial charge in [0.15, 0.2) is 5.96 Å². The lowest BCUT2D eigenvalue weighted by Crippen LogP contribution is -2.38. The summed E-state index contributed by atoms with van der Waals surface area (Å²) in [6, 6.07) is 7.68. The molecule has 0 unspecified atom stereocenters. The smallest absolute Gasteiger partial charge is 0.251 e. The molecular weight excluding hydrogens is 390 g/mol. The number of carbonyl (C=O) groups excluding carboxylic acids is 1. The zero-order valence-corrected chi connectivity index (χ0v) is 19.9. The molecule has 0 aliphatic rings. The van der Waals surface area contributed by atoms with E-state index in [0.717, 1.165) is 30.3 Å². The second-order valence-electron chi connectivity index (χ2n) is 8.38. The molecule has 2 N–H and O–H groups in total. The van der Waals surface area contributed by atoms with Crippen LogP contribution in [0, 0.1) is 0 Å². The minimum atomic E-state index is -0.0528. The first kappa shape index (κ1) is 24.4. The number of aromatic nitrogens is 2. The summed E-state index contributed by atoms with van der Waals surface area (Å²) >= 11 is 0. The molecular formula is C23H37N7O. The van der Waals surface area contributed by atoms with Crippen molar-refractivity contribution in [1.29, 1.82) is 0 Å². The summed E-state index contributed by atoms with van der Waals surface area (Å²) in [7, 11) is 9.72. The molecule has 2 rings (SSSR count). The largest absolute Gasteiger partial charge is 0.352 e. The van der Waals surface area contributed by atoms with Gasteiger partial charge in [0.1, 0.15) is 0 Å². The van der Waals surface area contributed by atoms with E-state index in [9.17, 15) is 4.79 Å². The number of aryl methyl sites for hydroxylation is 1. The average molecular weight is 428 g/mol. The van der Waals surface area contributed by atoms with Gasteiger partial charge in [-0.05, 0) is 37.7 Å². The monoisotopic (exact) mass is 427 g/mol. The highest BCUT2D eigenvalue weighted by atomic mass is 16.1. The lowest BCUT2D eigenvalue weighted by atomic mass is 10.1. The van der Waals surface area contributed by atoms with Crippen LogP contribution in [0.3, 0.4) is 0 Å². The molecule has 1 aromatic carbocycles. The summed E-state index contributed by atoms with van der Waals surface area (Å²) in [5, 5.41) is 10.9. The standard InChI is InChI=1S/C23H37N7O/c1-17(2)21-20(16-30(7)27-21)15-29(6)23(24-3)26-14-18-9-8-10-19(13-18)22(31)25-11-12-28(4)5/h8-10,13,16-17H,11-12,14-15H2,1-7H3,(H,24,26)(H,25,31). The van der Waals surface area contributed by atoms with Crippen LogP contribution in [0.4, 0.5) is 0 Å². The van der Waals surface area contributed by atoms with E-state index in [2.05, 4.69) is 45.7 Å². The first-order chi connectivity index (χ1) is 14.7. The van der Waals surface area contributed by atoms with Gasteiger partial charge in [-0.25, -0.2) is 0 Å². The number of hydrogen-bond donors (Lipinski definition) is 2. The van der Waals surface area contributed by atoms with E-state index >= 15 is 0 Å². The second kappa shape index (κ2) is 11.5. The normalized spacial score (nSPS) is 11.8. The Morgan fingerprint density at radius 2 is 1.97 bits per heavy atom.